The van der Waals surface area contributed by atoms with Crippen molar-refractivity contribution in [3.63, 3.8) is 0 Å². The van der Waals surface area contributed by atoms with Crippen LogP contribution in [0.25, 0.3) is 0 Å². The minimum Gasteiger partial charge on any atom is -0.278 e. The fourth-order valence-corrected chi connectivity index (χ4v) is 5.45. The molecule has 1 aliphatic heterocycles. The number of halogens is 1. The van der Waals surface area contributed by atoms with Gasteiger partial charge in [-0.05, 0) is 43.7 Å². The van der Waals surface area contributed by atoms with Crippen LogP contribution < -0.4 is 9.03 Å². The van der Waals surface area contributed by atoms with Gasteiger partial charge in [-0.15, -0.1) is 0 Å². The van der Waals surface area contributed by atoms with Gasteiger partial charge in [0.1, 0.15) is 0 Å². The number of benzene rings is 2. The van der Waals surface area contributed by atoms with E-state index in [1.54, 1.807) is 18.2 Å². The van der Waals surface area contributed by atoms with E-state index in [0.717, 1.165) is 5.56 Å². The van der Waals surface area contributed by atoms with E-state index in [-0.39, 0.29) is 21.4 Å². The van der Waals surface area contributed by atoms with Crippen molar-refractivity contribution < 1.29 is 16.8 Å². The Morgan fingerprint density at radius 1 is 1.12 bits per heavy atom. The van der Waals surface area contributed by atoms with E-state index in [2.05, 4.69) is 4.72 Å². The summed E-state index contributed by atoms with van der Waals surface area (Å²) in [5.41, 5.74) is 1.48. The van der Waals surface area contributed by atoms with Crippen LogP contribution in [0, 0.1) is 6.92 Å². The second-order valence-corrected chi connectivity index (χ2v) is 9.93. The smallest absolute Gasteiger partial charge is 0.261 e. The summed E-state index contributed by atoms with van der Waals surface area (Å²) in [4.78, 5) is 0.105. The lowest BCUT2D eigenvalue weighted by molar-refractivity contribution is 0.598. The third-order valence-corrected chi connectivity index (χ3v) is 7.49. The van der Waals surface area contributed by atoms with Crippen molar-refractivity contribution in [1.82, 2.24) is 0 Å². The lowest BCUT2D eigenvalue weighted by Gasteiger charge is -2.19. The van der Waals surface area contributed by atoms with Crippen LogP contribution in [0.1, 0.15) is 12.0 Å². The molecule has 3 rings (SSSR count). The number of rotatable bonds is 4. The third kappa shape index (κ3) is 3.75. The van der Waals surface area contributed by atoms with Crippen molar-refractivity contribution in [2.24, 2.45) is 0 Å². The number of nitrogens with zero attached hydrogens (tertiary/aromatic N) is 1. The highest BCUT2D eigenvalue weighted by atomic mass is 35.5. The minimum absolute atomic E-state index is 0.0834. The van der Waals surface area contributed by atoms with E-state index in [1.165, 1.54) is 28.6 Å². The fourth-order valence-electron chi connectivity index (χ4n) is 2.60. The number of hydrogen-bond donors (Lipinski definition) is 1. The molecule has 9 heteroatoms. The molecule has 1 saturated heterocycles. The van der Waals surface area contributed by atoms with E-state index in [1.807, 2.05) is 6.92 Å². The number of hydrogen-bond acceptors (Lipinski definition) is 4. The molecule has 0 unspecified atom stereocenters. The molecule has 0 atom stereocenters. The number of nitrogens with one attached hydrogen (secondary N) is 1. The number of anilines is 2. The number of aryl methyl sites for hydroxylation is 1. The molecule has 0 amide bonds. The van der Waals surface area contributed by atoms with E-state index in [4.69, 9.17) is 11.6 Å². The van der Waals surface area contributed by atoms with Gasteiger partial charge in [0.2, 0.25) is 10.0 Å². The molecule has 0 aliphatic carbocycles. The maximum atomic E-state index is 12.5. The topological polar surface area (TPSA) is 83.6 Å². The third-order valence-electron chi connectivity index (χ3n) is 3.91. The second-order valence-electron chi connectivity index (χ2n) is 5.82. The molecule has 2 aromatic carbocycles. The first-order valence-corrected chi connectivity index (χ1v) is 11.1. The molecule has 1 N–H and O–H groups in total. The van der Waals surface area contributed by atoms with Crippen LogP contribution in [0.2, 0.25) is 5.02 Å². The molecule has 25 heavy (non-hydrogen) atoms. The number of sulfonamides is 2. The van der Waals surface area contributed by atoms with Gasteiger partial charge in [-0.25, -0.2) is 16.8 Å². The van der Waals surface area contributed by atoms with Gasteiger partial charge in [0.05, 0.1) is 27.0 Å². The Bertz CT molecular complexity index is 1000. The lowest BCUT2D eigenvalue weighted by Crippen LogP contribution is -2.25. The zero-order valence-electron chi connectivity index (χ0n) is 13.4. The summed E-state index contributed by atoms with van der Waals surface area (Å²) in [6, 6.07) is 10.9. The molecule has 0 aromatic heterocycles. The molecule has 0 bridgehead atoms. The largest absolute Gasteiger partial charge is 0.278 e. The van der Waals surface area contributed by atoms with Gasteiger partial charge in [0.25, 0.3) is 10.0 Å². The minimum atomic E-state index is -3.82. The van der Waals surface area contributed by atoms with Gasteiger partial charge >= 0.3 is 0 Å². The monoisotopic (exact) mass is 400 g/mol. The SMILES string of the molecule is Cc1ccc(S(=O)(=O)Nc2cc(N3CCCS3(=O)=O)ccc2Cl)cc1. The molecule has 2 aromatic rings. The molecule has 134 valence electrons. The molecule has 1 fully saturated rings. The molecular formula is C16H17ClN2O4S2. The maximum Gasteiger partial charge on any atom is 0.261 e. The molecule has 6 nitrogen and oxygen atoms in total. The van der Waals surface area contributed by atoms with Crippen LogP contribution >= 0.6 is 11.6 Å². The van der Waals surface area contributed by atoms with Crippen LogP contribution in [-0.4, -0.2) is 29.1 Å². The predicted octanol–water partition coefficient (Wildman–Crippen LogP) is 2.99. The Morgan fingerprint density at radius 3 is 2.40 bits per heavy atom. The van der Waals surface area contributed by atoms with Gasteiger partial charge in [0.15, 0.2) is 0 Å². The Morgan fingerprint density at radius 2 is 1.80 bits per heavy atom. The first kappa shape index (κ1) is 18.0. The molecular weight excluding hydrogens is 384 g/mol. The van der Waals surface area contributed by atoms with Crippen LogP contribution in [0.3, 0.4) is 0 Å². The molecule has 0 spiro atoms. The highest BCUT2D eigenvalue weighted by Crippen LogP contribution is 2.32. The summed E-state index contributed by atoms with van der Waals surface area (Å²) >= 11 is 6.10. The summed E-state index contributed by atoms with van der Waals surface area (Å²) < 4.78 is 52.9. The molecule has 1 aliphatic rings. The Kier molecular flexibility index (Phi) is 4.70. The van der Waals surface area contributed by atoms with Gasteiger partial charge < -0.3 is 0 Å². The van der Waals surface area contributed by atoms with E-state index >= 15 is 0 Å². The van der Waals surface area contributed by atoms with Crippen molar-refractivity contribution in [2.45, 2.75) is 18.2 Å². The van der Waals surface area contributed by atoms with Crippen LogP contribution in [0.15, 0.2) is 47.4 Å². The summed E-state index contributed by atoms with van der Waals surface area (Å²) in [5.74, 6) is 0.0834. The summed E-state index contributed by atoms with van der Waals surface area (Å²) in [7, 11) is -7.18. The zero-order chi connectivity index (χ0) is 18.2. The van der Waals surface area contributed by atoms with Crippen molar-refractivity contribution in [2.75, 3.05) is 21.3 Å². The summed E-state index contributed by atoms with van der Waals surface area (Å²) in [5, 5.41) is 0.191. The molecule has 0 radical (unpaired) electrons. The standard InChI is InChI=1S/C16H17ClN2O4S2/c1-12-3-6-14(7-4-12)25(22,23)18-16-11-13(5-8-15(16)17)19-9-2-10-24(19,20)21/h3-8,11,18H,2,9-10H2,1H3. The summed E-state index contributed by atoms with van der Waals surface area (Å²) in [6.07, 6.45) is 0.537. The second kappa shape index (κ2) is 6.51. The highest BCUT2D eigenvalue weighted by molar-refractivity contribution is 7.93. The van der Waals surface area contributed by atoms with Crippen molar-refractivity contribution >= 4 is 43.0 Å². The average Bonchev–Trinajstić information content (AvgIpc) is 2.89. The van der Waals surface area contributed by atoms with E-state index in [9.17, 15) is 16.8 Å². The van der Waals surface area contributed by atoms with E-state index < -0.39 is 20.0 Å². The Hall–Kier alpha value is -1.77. The Labute approximate surface area is 152 Å². The predicted molar refractivity (Wildman–Crippen MR) is 99.2 cm³/mol. The van der Waals surface area contributed by atoms with Crippen molar-refractivity contribution in [3.8, 4) is 0 Å². The van der Waals surface area contributed by atoms with Crippen molar-refractivity contribution in [1.29, 1.82) is 0 Å². The van der Waals surface area contributed by atoms with Gasteiger partial charge in [-0.3, -0.25) is 9.03 Å². The quantitative estimate of drug-likeness (QED) is 0.855. The first-order chi connectivity index (χ1) is 11.7. The zero-order valence-corrected chi connectivity index (χ0v) is 15.8. The average molecular weight is 401 g/mol. The van der Waals surface area contributed by atoms with Crippen LogP contribution in [-0.2, 0) is 20.0 Å². The van der Waals surface area contributed by atoms with Crippen LogP contribution in [0.4, 0.5) is 11.4 Å². The molecule has 1 heterocycles. The Balaban J connectivity index is 1.95. The van der Waals surface area contributed by atoms with E-state index in [0.29, 0.717) is 18.7 Å². The van der Waals surface area contributed by atoms with Gasteiger partial charge in [-0.1, -0.05) is 29.3 Å². The van der Waals surface area contributed by atoms with Crippen LogP contribution in [0.5, 0.6) is 0 Å². The molecule has 0 saturated carbocycles. The normalized spacial score (nSPS) is 16.8. The fraction of sp³-hybridized carbons (Fsp3) is 0.250. The first-order valence-electron chi connectivity index (χ1n) is 7.58. The maximum absolute atomic E-state index is 12.5. The van der Waals surface area contributed by atoms with Crippen molar-refractivity contribution in [3.05, 3.63) is 53.1 Å². The van der Waals surface area contributed by atoms with Gasteiger partial charge in [-0.2, -0.15) is 0 Å². The highest BCUT2D eigenvalue weighted by Gasteiger charge is 2.29. The lowest BCUT2D eigenvalue weighted by atomic mass is 10.2. The summed E-state index contributed by atoms with van der Waals surface area (Å²) in [6.45, 7) is 2.23. The van der Waals surface area contributed by atoms with Gasteiger partial charge in [0, 0.05) is 6.54 Å².